The van der Waals surface area contributed by atoms with Crippen LogP contribution in [0.2, 0.25) is 5.02 Å². The van der Waals surface area contributed by atoms with Crippen molar-refractivity contribution in [1.29, 1.82) is 0 Å². The van der Waals surface area contributed by atoms with E-state index >= 15 is 0 Å². The van der Waals surface area contributed by atoms with Gasteiger partial charge in [0.05, 0.1) is 36.2 Å². The van der Waals surface area contributed by atoms with Crippen LogP contribution in [0.25, 0.3) is 11.3 Å². The summed E-state index contributed by atoms with van der Waals surface area (Å²) in [7, 11) is 1.58. The maximum atomic E-state index is 14.0. The number of hydrogen-bond acceptors (Lipinski definition) is 7. The lowest BCUT2D eigenvalue weighted by molar-refractivity contribution is 0.0386. The predicted molar refractivity (Wildman–Crippen MR) is 136 cm³/mol. The second-order valence-electron chi connectivity index (χ2n) is 9.30. The lowest BCUT2D eigenvalue weighted by Gasteiger charge is -2.36. The Kier molecular flexibility index (Phi) is 7.71. The molecule has 1 unspecified atom stereocenters. The number of rotatable bonds is 8. The summed E-state index contributed by atoms with van der Waals surface area (Å²) in [5.41, 5.74) is 2.83. The minimum atomic E-state index is -0.422. The zero-order valence-electron chi connectivity index (χ0n) is 20.5. The summed E-state index contributed by atoms with van der Waals surface area (Å²) in [5.74, 6) is -0.170. The van der Waals surface area contributed by atoms with E-state index in [4.69, 9.17) is 21.1 Å². The average molecular weight is 530 g/mol. The number of nitrogens with zero attached hydrogens (tertiary/aromatic N) is 4. The molecule has 0 aliphatic carbocycles. The molecular formula is C26H29ClFN5O4. The third-order valence-electron chi connectivity index (χ3n) is 6.84. The summed E-state index contributed by atoms with van der Waals surface area (Å²) < 4.78 is 26.7. The third kappa shape index (κ3) is 5.47. The van der Waals surface area contributed by atoms with Crippen molar-refractivity contribution >= 4 is 23.5 Å². The standard InChI is InChI=1S/C26H29ClFN5O4/c1-36-15-21-13-32-11-18(24-22(27)10-29-26(31-24)30-20-4-6-37-7-5-20)9-23(32)25(35)33(21)12-17-8-19(28)3-2-16(17)14-34/h2-3,8-11,20-21,34H,4-7,12-15H2,1H3,(H,29,30,31). The second kappa shape index (κ2) is 11.1. The average Bonchev–Trinajstić information content (AvgIpc) is 3.32. The molecule has 9 nitrogen and oxygen atoms in total. The van der Waals surface area contributed by atoms with Crippen LogP contribution < -0.4 is 5.32 Å². The number of benzene rings is 1. The number of fused-ring (bicyclic) bond motifs is 1. The van der Waals surface area contributed by atoms with Crippen molar-refractivity contribution < 1.29 is 23.8 Å². The summed E-state index contributed by atoms with van der Waals surface area (Å²) in [4.78, 5) is 24.3. The Labute approximate surface area is 219 Å². The van der Waals surface area contributed by atoms with Crippen LogP contribution in [0.5, 0.6) is 0 Å². The number of carbonyl (C=O) groups excluding carboxylic acids is 1. The zero-order valence-corrected chi connectivity index (χ0v) is 21.2. The maximum absolute atomic E-state index is 14.0. The molecule has 37 heavy (non-hydrogen) atoms. The summed E-state index contributed by atoms with van der Waals surface area (Å²) in [5, 5.41) is 13.5. The van der Waals surface area contributed by atoms with Crippen LogP contribution in [-0.4, -0.2) is 69.5 Å². The Balaban J connectivity index is 1.44. The lowest BCUT2D eigenvalue weighted by Crippen LogP contribution is -2.49. The van der Waals surface area contributed by atoms with Gasteiger partial charge >= 0.3 is 0 Å². The van der Waals surface area contributed by atoms with Gasteiger partial charge in [0.2, 0.25) is 5.95 Å². The fraction of sp³-hybridized carbons (Fsp3) is 0.423. The van der Waals surface area contributed by atoms with Gasteiger partial charge in [0.1, 0.15) is 11.5 Å². The normalized spacial score (nSPS) is 18.2. The van der Waals surface area contributed by atoms with Gasteiger partial charge in [-0.2, -0.15) is 0 Å². The van der Waals surface area contributed by atoms with Crippen LogP contribution in [0, 0.1) is 5.82 Å². The van der Waals surface area contributed by atoms with Crippen LogP contribution in [0.3, 0.4) is 0 Å². The van der Waals surface area contributed by atoms with Crippen molar-refractivity contribution in [3.8, 4) is 11.3 Å². The van der Waals surface area contributed by atoms with Gasteiger partial charge in [0.15, 0.2) is 0 Å². The number of anilines is 1. The van der Waals surface area contributed by atoms with E-state index in [-0.39, 0.29) is 31.1 Å². The molecule has 3 aromatic rings. The fourth-order valence-corrected chi connectivity index (χ4v) is 5.09. The topological polar surface area (TPSA) is 102 Å². The molecule has 196 valence electrons. The van der Waals surface area contributed by atoms with E-state index in [2.05, 4.69) is 15.3 Å². The van der Waals surface area contributed by atoms with E-state index in [0.29, 0.717) is 65.4 Å². The van der Waals surface area contributed by atoms with Gasteiger partial charge in [0, 0.05) is 51.2 Å². The van der Waals surface area contributed by atoms with Crippen molar-refractivity contribution in [2.75, 3.05) is 32.2 Å². The summed E-state index contributed by atoms with van der Waals surface area (Å²) in [6.45, 7) is 2.07. The van der Waals surface area contributed by atoms with Gasteiger partial charge < -0.3 is 29.4 Å². The number of carbonyl (C=O) groups is 1. The van der Waals surface area contributed by atoms with Gasteiger partial charge in [-0.25, -0.2) is 14.4 Å². The molecular weight excluding hydrogens is 501 g/mol. The molecule has 11 heteroatoms. The quantitative estimate of drug-likeness (QED) is 0.460. The molecule has 4 heterocycles. The van der Waals surface area contributed by atoms with Gasteiger partial charge in [-0.05, 0) is 42.2 Å². The van der Waals surface area contributed by atoms with Crippen LogP contribution in [0.1, 0.15) is 34.5 Å². The number of methoxy groups -OCH3 is 1. The van der Waals surface area contributed by atoms with Crippen LogP contribution in [0.15, 0.2) is 36.7 Å². The first-order chi connectivity index (χ1) is 18.0. The molecule has 1 amide bonds. The van der Waals surface area contributed by atoms with Crippen molar-refractivity contribution in [3.63, 3.8) is 0 Å². The molecule has 5 rings (SSSR count). The first kappa shape index (κ1) is 25.6. The first-order valence-electron chi connectivity index (χ1n) is 12.2. The first-order valence-corrected chi connectivity index (χ1v) is 12.6. The number of halogens is 2. The molecule has 1 saturated heterocycles. The largest absolute Gasteiger partial charge is 0.392 e. The Bertz CT molecular complexity index is 1280. The summed E-state index contributed by atoms with van der Waals surface area (Å²) >= 11 is 6.48. The Morgan fingerprint density at radius 2 is 2.08 bits per heavy atom. The van der Waals surface area contributed by atoms with E-state index in [9.17, 15) is 14.3 Å². The number of aromatic nitrogens is 3. The third-order valence-corrected chi connectivity index (χ3v) is 7.11. The number of hydrogen-bond donors (Lipinski definition) is 2. The minimum Gasteiger partial charge on any atom is -0.392 e. The second-order valence-corrected chi connectivity index (χ2v) is 9.71. The highest BCUT2D eigenvalue weighted by molar-refractivity contribution is 6.33. The van der Waals surface area contributed by atoms with Crippen molar-refractivity contribution in [2.45, 2.75) is 44.6 Å². The zero-order chi connectivity index (χ0) is 25.9. The lowest BCUT2D eigenvalue weighted by atomic mass is 10.0. The highest BCUT2D eigenvalue weighted by Crippen LogP contribution is 2.32. The van der Waals surface area contributed by atoms with E-state index in [0.717, 1.165) is 12.8 Å². The minimum absolute atomic E-state index is 0.147. The Morgan fingerprint density at radius 1 is 1.27 bits per heavy atom. The summed E-state index contributed by atoms with van der Waals surface area (Å²) in [6, 6.07) is 5.90. The van der Waals surface area contributed by atoms with Gasteiger partial charge in [-0.1, -0.05) is 17.7 Å². The molecule has 2 N–H and O–H groups in total. The molecule has 1 aromatic carbocycles. The number of nitrogens with one attached hydrogen (secondary N) is 1. The molecule has 0 spiro atoms. The molecule has 1 fully saturated rings. The van der Waals surface area contributed by atoms with E-state index < -0.39 is 5.82 Å². The maximum Gasteiger partial charge on any atom is 0.271 e. The molecule has 0 radical (unpaired) electrons. The molecule has 0 bridgehead atoms. The number of amides is 1. The molecule has 0 saturated carbocycles. The fourth-order valence-electron chi connectivity index (χ4n) is 4.89. The predicted octanol–water partition coefficient (Wildman–Crippen LogP) is 3.49. The van der Waals surface area contributed by atoms with Crippen molar-refractivity contribution in [1.82, 2.24) is 19.4 Å². The van der Waals surface area contributed by atoms with Crippen molar-refractivity contribution in [2.24, 2.45) is 0 Å². The van der Waals surface area contributed by atoms with Gasteiger partial charge in [0.25, 0.3) is 5.91 Å². The number of aliphatic hydroxyl groups is 1. The monoisotopic (exact) mass is 529 g/mol. The molecule has 2 aromatic heterocycles. The van der Waals surface area contributed by atoms with E-state index in [1.54, 1.807) is 24.3 Å². The number of ether oxygens (including phenoxy) is 2. The van der Waals surface area contributed by atoms with Crippen molar-refractivity contribution in [3.05, 3.63) is 64.3 Å². The number of aliphatic hydroxyl groups excluding tert-OH is 1. The molecule has 1 atom stereocenters. The highest BCUT2D eigenvalue weighted by Gasteiger charge is 2.34. The molecule has 2 aliphatic rings. The van der Waals surface area contributed by atoms with Crippen LogP contribution in [0.4, 0.5) is 10.3 Å². The highest BCUT2D eigenvalue weighted by atomic mass is 35.5. The molecule has 2 aliphatic heterocycles. The van der Waals surface area contributed by atoms with E-state index in [1.807, 2.05) is 10.8 Å². The summed E-state index contributed by atoms with van der Waals surface area (Å²) in [6.07, 6.45) is 5.16. The van der Waals surface area contributed by atoms with Gasteiger partial charge in [-0.3, -0.25) is 4.79 Å². The van der Waals surface area contributed by atoms with Gasteiger partial charge in [-0.15, -0.1) is 0 Å². The SMILES string of the molecule is COCC1Cn2cc(-c3nc(NC4CCOCC4)ncc3Cl)cc2C(=O)N1Cc1cc(F)ccc1CO. The Morgan fingerprint density at radius 3 is 2.84 bits per heavy atom. The smallest absolute Gasteiger partial charge is 0.271 e. The van der Waals surface area contributed by atoms with E-state index in [1.165, 1.54) is 18.2 Å². The van der Waals surface area contributed by atoms with Crippen LogP contribution in [-0.2, 0) is 29.2 Å². The Hall–Kier alpha value is -3.05. The van der Waals surface area contributed by atoms with Crippen LogP contribution >= 0.6 is 11.6 Å².